The highest BCUT2D eigenvalue weighted by molar-refractivity contribution is 6.76. The smallest absolute Gasteiger partial charge is 0.303 e. The number of hydrogen-bond acceptors (Lipinski definition) is 9. The van der Waals surface area contributed by atoms with Crippen LogP contribution in [-0.2, 0) is 38.1 Å². The van der Waals surface area contributed by atoms with Crippen molar-refractivity contribution in [3.8, 4) is 0 Å². The van der Waals surface area contributed by atoms with Gasteiger partial charge in [-0.25, -0.2) is 0 Å². The van der Waals surface area contributed by atoms with Crippen molar-refractivity contribution in [1.82, 2.24) is 0 Å². The number of nitrogens with one attached hydrogen (secondary N) is 1. The summed E-state index contributed by atoms with van der Waals surface area (Å²) >= 11 is 16.7. The lowest BCUT2D eigenvalue weighted by molar-refractivity contribution is -0.284. The molecule has 5 atom stereocenters. The van der Waals surface area contributed by atoms with Crippen LogP contribution in [0.2, 0.25) is 0 Å². The Hall–Kier alpha value is -1.29. The molecule has 0 saturated carbocycles. The van der Waals surface area contributed by atoms with Gasteiger partial charge in [0.05, 0.1) is 6.10 Å². The van der Waals surface area contributed by atoms with Crippen molar-refractivity contribution in [2.75, 3.05) is 0 Å². The maximum absolute atomic E-state index is 11.5. The summed E-state index contributed by atoms with van der Waals surface area (Å²) in [5.41, 5.74) is 0. The fourth-order valence-electron chi connectivity index (χ4n) is 2.25. The SMILES string of the molecule is CC(=O)OC1C(C)OC(OC(=N)C(Cl)(Cl)Cl)C(OC(C)=O)C1OC(C)=O. The maximum atomic E-state index is 11.5. The first kappa shape index (κ1) is 22.8. The second-order valence-corrected chi connectivity index (χ2v) is 7.66. The Morgan fingerprint density at radius 3 is 1.69 bits per heavy atom. The number of carbonyl (C=O) groups excluding carboxylic acids is 3. The molecule has 5 unspecified atom stereocenters. The summed E-state index contributed by atoms with van der Waals surface area (Å²) in [4.78, 5) is 34.3. The summed E-state index contributed by atoms with van der Waals surface area (Å²) < 4.78 is 23.9. The first-order chi connectivity index (χ1) is 11.8. The van der Waals surface area contributed by atoms with Crippen LogP contribution in [0.4, 0.5) is 0 Å². The molecule has 1 saturated heterocycles. The molecule has 1 fully saturated rings. The summed E-state index contributed by atoms with van der Waals surface area (Å²) in [5, 5.41) is 7.65. The minimum absolute atomic E-state index is 0.669. The van der Waals surface area contributed by atoms with Gasteiger partial charge in [0, 0.05) is 20.8 Å². The zero-order valence-electron chi connectivity index (χ0n) is 14.3. The summed E-state index contributed by atoms with van der Waals surface area (Å²) in [6.07, 6.45) is -6.05. The molecule has 0 bridgehead atoms. The Bertz CT molecular complexity index is 579. The number of carbonyl (C=O) groups is 3. The van der Waals surface area contributed by atoms with Gasteiger partial charge in [-0.3, -0.25) is 19.8 Å². The van der Waals surface area contributed by atoms with E-state index in [-0.39, 0.29) is 0 Å². The van der Waals surface area contributed by atoms with Crippen LogP contribution in [0.25, 0.3) is 0 Å². The molecule has 9 nitrogen and oxygen atoms in total. The van der Waals surface area contributed by atoms with Crippen LogP contribution in [-0.4, -0.2) is 58.3 Å². The van der Waals surface area contributed by atoms with E-state index in [0.29, 0.717) is 0 Å². The summed E-state index contributed by atoms with van der Waals surface area (Å²) in [6, 6.07) is 0. The number of hydrogen-bond donors (Lipinski definition) is 1. The van der Waals surface area contributed by atoms with Gasteiger partial charge in [0.25, 0.3) is 3.79 Å². The lowest BCUT2D eigenvalue weighted by atomic mass is 9.99. The van der Waals surface area contributed by atoms with Crippen molar-refractivity contribution in [3.63, 3.8) is 0 Å². The molecule has 0 radical (unpaired) electrons. The van der Waals surface area contributed by atoms with Crippen molar-refractivity contribution < 1.29 is 38.1 Å². The number of halogens is 3. The first-order valence-electron chi connectivity index (χ1n) is 7.32. The van der Waals surface area contributed by atoms with Crippen molar-refractivity contribution in [3.05, 3.63) is 0 Å². The van der Waals surface area contributed by atoms with E-state index in [1.807, 2.05) is 0 Å². The molecule has 26 heavy (non-hydrogen) atoms. The number of esters is 3. The summed E-state index contributed by atoms with van der Waals surface area (Å²) in [5.74, 6) is -2.96. The minimum atomic E-state index is -2.20. The number of alkyl halides is 3. The highest BCUT2D eigenvalue weighted by atomic mass is 35.6. The fourth-order valence-corrected chi connectivity index (χ4v) is 2.38. The molecule has 0 aliphatic carbocycles. The van der Waals surface area contributed by atoms with Gasteiger partial charge in [0.15, 0.2) is 12.2 Å². The van der Waals surface area contributed by atoms with E-state index < -0.39 is 58.3 Å². The molecule has 0 aromatic carbocycles. The second kappa shape index (κ2) is 9.07. The average Bonchev–Trinajstić information content (AvgIpc) is 2.44. The van der Waals surface area contributed by atoms with Crippen LogP contribution in [0.1, 0.15) is 27.7 Å². The second-order valence-electron chi connectivity index (χ2n) is 5.38. The molecular weight excluding hydrogens is 417 g/mol. The van der Waals surface area contributed by atoms with E-state index in [4.69, 9.17) is 63.9 Å². The average molecular weight is 435 g/mol. The van der Waals surface area contributed by atoms with E-state index >= 15 is 0 Å². The summed E-state index contributed by atoms with van der Waals surface area (Å²) in [6.45, 7) is 4.87. The Morgan fingerprint density at radius 1 is 0.846 bits per heavy atom. The molecule has 1 aliphatic heterocycles. The Kier molecular flexibility index (Phi) is 7.94. The standard InChI is InChI=1S/C14H18Cl3NO8/c1-5-9(23-6(2)19)10(24-7(3)20)11(25-8(4)21)12(22-5)26-13(18)14(15,16)17/h5,9-12,18H,1-4H3. The minimum Gasteiger partial charge on any atom is -0.456 e. The van der Waals surface area contributed by atoms with E-state index in [2.05, 4.69) is 0 Å². The Balaban J connectivity index is 3.21. The van der Waals surface area contributed by atoms with Gasteiger partial charge < -0.3 is 23.7 Å². The third-order valence-corrected chi connectivity index (χ3v) is 3.64. The van der Waals surface area contributed by atoms with E-state index in [1.54, 1.807) is 0 Å². The highest BCUT2D eigenvalue weighted by Crippen LogP contribution is 2.33. The molecule has 1 aliphatic rings. The van der Waals surface area contributed by atoms with Gasteiger partial charge in [-0.05, 0) is 6.92 Å². The molecule has 1 rings (SSSR count). The molecule has 148 valence electrons. The molecule has 1 N–H and O–H groups in total. The molecular formula is C14H18Cl3NO8. The van der Waals surface area contributed by atoms with E-state index in [0.717, 1.165) is 20.8 Å². The first-order valence-corrected chi connectivity index (χ1v) is 8.45. The molecule has 12 heteroatoms. The molecule has 0 amide bonds. The normalized spacial score (nSPS) is 28.7. The highest BCUT2D eigenvalue weighted by Gasteiger charge is 2.52. The van der Waals surface area contributed by atoms with Gasteiger partial charge in [0.2, 0.25) is 18.3 Å². The van der Waals surface area contributed by atoms with Crippen LogP contribution in [0, 0.1) is 5.41 Å². The predicted octanol–water partition coefficient (Wildman–Crippen LogP) is 1.89. The Morgan fingerprint density at radius 2 is 1.27 bits per heavy atom. The molecule has 0 aromatic heterocycles. The van der Waals surface area contributed by atoms with Gasteiger partial charge >= 0.3 is 17.9 Å². The maximum Gasteiger partial charge on any atom is 0.303 e. The molecule has 0 spiro atoms. The zero-order valence-corrected chi connectivity index (χ0v) is 16.6. The van der Waals surface area contributed by atoms with Crippen LogP contribution < -0.4 is 0 Å². The quantitative estimate of drug-likeness (QED) is 0.234. The summed E-state index contributed by atoms with van der Waals surface area (Å²) in [7, 11) is 0. The van der Waals surface area contributed by atoms with E-state index in [1.165, 1.54) is 6.92 Å². The van der Waals surface area contributed by atoms with E-state index in [9.17, 15) is 14.4 Å². The van der Waals surface area contributed by atoms with Crippen molar-refractivity contribution in [2.24, 2.45) is 0 Å². The van der Waals surface area contributed by atoms with Gasteiger partial charge in [-0.2, -0.15) is 0 Å². The van der Waals surface area contributed by atoms with Crippen molar-refractivity contribution in [1.29, 1.82) is 5.41 Å². The third kappa shape index (κ3) is 6.46. The van der Waals surface area contributed by atoms with Gasteiger partial charge in [-0.1, -0.05) is 34.8 Å². The van der Waals surface area contributed by atoms with Gasteiger partial charge in [-0.15, -0.1) is 0 Å². The van der Waals surface area contributed by atoms with Gasteiger partial charge in [0.1, 0.15) is 0 Å². The van der Waals surface area contributed by atoms with Crippen molar-refractivity contribution in [2.45, 2.75) is 62.2 Å². The van der Waals surface area contributed by atoms with Crippen LogP contribution >= 0.6 is 34.8 Å². The van der Waals surface area contributed by atoms with Crippen LogP contribution in [0.15, 0.2) is 0 Å². The molecule has 0 aromatic rings. The monoisotopic (exact) mass is 433 g/mol. The number of ether oxygens (including phenoxy) is 5. The fraction of sp³-hybridized carbons (Fsp3) is 0.714. The largest absolute Gasteiger partial charge is 0.456 e. The molecule has 1 heterocycles. The zero-order chi connectivity index (χ0) is 20.2. The Labute approximate surface area is 164 Å². The van der Waals surface area contributed by atoms with Crippen LogP contribution in [0.3, 0.4) is 0 Å². The number of rotatable bonds is 4. The lowest BCUT2D eigenvalue weighted by Crippen LogP contribution is -2.61. The topological polar surface area (TPSA) is 121 Å². The van der Waals surface area contributed by atoms with Crippen molar-refractivity contribution >= 4 is 58.6 Å². The van der Waals surface area contributed by atoms with Crippen LogP contribution in [0.5, 0.6) is 0 Å². The predicted molar refractivity (Wildman–Crippen MR) is 90.1 cm³/mol. The third-order valence-electron chi connectivity index (χ3n) is 3.12. The lowest BCUT2D eigenvalue weighted by Gasteiger charge is -2.43.